The molecule has 1 fully saturated rings. The first-order chi connectivity index (χ1) is 14.1. The van der Waals surface area contributed by atoms with Gasteiger partial charge in [-0.05, 0) is 42.7 Å². The summed E-state index contributed by atoms with van der Waals surface area (Å²) in [5, 5.41) is 13.9. The van der Waals surface area contributed by atoms with Crippen LogP contribution in [0.2, 0.25) is 0 Å². The van der Waals surface area contributed by atoms with Crippen LogP contribution in [0.3, 0.4) is 0 Å². The maximum atomic E-state index is 10.5. The summed E-state index contributed by atoms with van der Waals surface area (Å²) >= 11 is 0. The molecular weight excluding hydrogens is 366 g/mol. The Kier molecular flexibility index (Phi) is 7.49. The number of hydrogen-bond acceptors (Lipinski definition) is 4. The van der Waals surface area contributed by atoms with Gasteiger partial charge in [0.1, 0.15) is 11.9 Å². The lowest BCUT2D eigenvalue weighted by atomic mass is 10.0. The summed E-state index contributed by atoms with van der Waals surface area (Å²) in [7, 11) is 1.63. The highest BCUT2D eigenvalue weighted by atomic mass is 16.5. The molecular formula is C23H31N3O3. The zero-order valence-corrected chi connectivity index (χ0v) is 17.5. The van der Waals surface area contributed by atoms with Crippen LogP contribution in [0.1, 0.15) is 35.8 Å². The van der Waals surface area contributed by atoms with E-state index in [0.717, 1.165) is 36.9 Å². The Balaban J connectivity index is 1.69. The third-order valence-corrected chi connectivity index (χ3v) is 5.15. The molecule has 2 aromatic rings. The third-order valence-electron chi connectivity index (χ3n) is 5.15. The summed E-state index contributed by atoms with van der Waals surface area (Å²) in [6, 6.07) is 15.8. The van der Waals surface area contributed by atoms with Gasteiger partial charge >= 0.3 is 0 Å². The van der Waals surface area contributed by atoms with E-state index in [0.29, 0.717) is 13.2 Å². The zero-order chi connectivity index (χ0) is 20.6. The van der Waals surface area contributed by atoms with Crippen molar-refractivity contribution in [1.82, 2.24) is 10.2 Å². The monoisotopic (exact) mass is 397 g/mol. The minimum absolute atomic E-state index is 0.0142. The van der Waals surface area contributed by atoms with Crippen molar-refractivity contribution >= 4 is 5.96 Å². The SMILES string of the molecule is CCNC(=NCC(O)c1ccc(OC)cc1)N1CCOC(c2ccccc2C)C1. The molecule has 0 amide bonds. The van der Waals surface area contributed by atoms with Crippen LogP contribution in [-0.4, -0.2) is 55.9 Å². The minimum atomic E-state index is -0.664. The highest BCUT2D eigenvalue weighted by Crippen LogP contribution is 2.25. The number of morpholine rings is 1. The summed E-state index contributed by atoms with van der Waals surface area (Å²) in [6.07, 6.45) is -0.650. The molecule has 29 heavy (non-hydrogen) atoms. The highest BCUT2D eigenvalue weighted by molar-refractivity contribution is 5.80. The number of aliphatic hydroxyl groups excluding tert-OH is 1. The number of methoxy groups -OCH3 is 1. The maximum Gasteiger partial charge on any atom is 0.194 e. The molecule has 2 atom stereocenters. The van der Waals surface area contributed by atoms with Gasteiger partial charge in [-0.2, -0.15) is 0 Å². The number of aryl methyl sites for hydroxylation is 1. The van der Waals surface area contributed by atoms with E-state index >= 15 is 0 Å². The third kappa shape index (κ3) is 5.49. The largest absolute Gasteiger partial charge is 0.497 e. The van der Waals surface area contributed by atoms with E-state index in [1.807, 2.05) is 30.3 Å². The number of nitrogens with zero attached hydrogens (tertiary/aromatic N) is 2. The highest BCUT2D eigenvalue weighted by Gasteiger charge is 2.25. The molecule has 1 saturated heterocycles. The lowest BCUT2D eigenvalue weighted by Gasteiger charge is -2.36. The molecule has 2 aromatic carbocycles. The number of aliphatic imine (C=N–C) groups is 1. The summed E-state index contributed by atoms with van der Waals surface area (Å²) in [5.74, 6) is 1.58. The second-order valence-electron chi connectivity index (χ2n) is 7.15. The fourth-order valence-electron chi connectivity index (χ4n) is 3.51. The van der Waals surface area contributed by atoms with Crippen molar-refractivity contribution in [3.63, 3.8) is 0 Å². The molecule has 1 aliphatic rings. The Morgan fingerprint density at radius 3 is 2.72 bits per heavy atom. The van der Waals surface area contributed by atoms with Crippen molar-refractivity contribution in [3.8, 4) is 5.75 Å². The summed E-state index contributed by atoms with van der Waals surface area (Å²) in [6.45, 7) is 7.37. The second-order valence-corrected chi connectivity index (χ2v) is 7.15. The average molecular weight is 398 g/mol. The smallest absolute Gasteiger partial charge is 0.194 e. The van der Waals surface area contributed by atoms with Crippen LogP contribution in [0.25, 0.3) is 0 Å². The Morgan fingerprint density at radius 2 is 2.03 bits per heavy atom. The molecule has 0 aliphatic carbocycles. The molecule has 0 bridgehead atoms. The quantitative estimate of drug-likeness (QED) is 0.579. The Morgan fingerprint density at radius 1 is 1.28 bits per heavy atom. The maximum absolute atomic E-state index is 10.5. The standard InChI is InChI=1S/C23H31N3O3/c1-4-24-23(25-15-21(27)18-9-11-19(28-3)12-10-18)26-13-14-29-22(16-26)20-8-6-5-7-17(20)2/h5-12,21-22,27H,4,13-16H2,1-3H3,(H,24,25). The first-order valence-electron chi connectivity index (χ1n) is 10.1. The van der Waals surface area contributed by atoms with Gasteiger partial charge in [-0.15, -0.1) is 0 Å². The predicted molar refractivity (Wildman–Crippen MR) is 115 cm³/mol. The Bertz CT molecular complexity index is 807. The molecule has 1 heterocycles. The van der Waals surface area contributed by atoms with Crippen LogP contribution in [0.4, 0.5) is 0 Å². The van der Waals surface area contributed by atoms with Crippen LogP contribution in [0, 0.1) is 6.92 Å². The number of benzene rings is 2. The molecule has 156 valence electrons. The fourth-order valence-corrected chi connectivity index (χ4v) is 3.51. The van der Waals surface area contributed by atoms with Gasteiger partial charge in [0.25, 0.3) is 0 Å². The summed E-state index contributed by atoms with van der Waals surface area (Å²) < 4.78 is 11.2. The van der Waals surface area contributed by atoms with E-state index in [-0.39, 0.29) is 6.10 Å². The van der Waals surface area contributed by atoms with Crippen LogP contribution >= 0.6 is 0 Å². The molecule has 2 unspecified atom stereocenters. The average Bonchev–Trinajstić information content (AvgIpc) is 2.77. The van der Waals surface area contributed by atoms with E-state index in [1.54, 1.807) is 7.11 Å². The van der Waals surface area contributed by atoms with E-state index in [9.17, 15) is 5.11 Å². The van der Waals surface area contributed by atoms with Crippen LogP contribution in [0.5, 0.6) is 5.75 Å². The van der Waals surface area contributed by atoms with Crippen LogP contribution in [-0.2, 0) is 4.74 Å². The van der Waals surface area contributed by atoms with Crippen LogP contribution < -0.4 is 10.1 Å². The predicted octanol–water partition coefficient (Wildman–Crippen LogP) is 3.08. The van der Waals surface area contributed by atoms with Crippen molar-refractivity contribution in [3.05, 3.63) is 65.2 Å². The molecule has 0 radical (unpaired) electrons. The molecule has 0 saturated carbocycles. The molecule has 6 heteroatoms. The Hall–Kier alpha value is -2.57. The van der Waals surface area contributed by atoms with Crippen LogP contribution in [0.15, 0.2) is 53.5 Å². The van der Waals surface area contributed by atoms with Gasteiger partial charge in [0.15, 0.2) is 5.96 Å². The van der Waals surface area contributed by atoms with Crippen molar-refractivity contribution < 1.29 is 14.6 Å². The van der Waals surface area contributed by atoms with E-state index < -0.39 is 6.10 Å². The van der Waals surface area contributed by atoms with Gasteiger partial charge in [0.2, 0.25) is 0 Å². The number of ether oxygens (including phenoxy) is 2. The van der Waals surface area contributed by atoms with Gasteiger partial charge in [-0.1, -0.05) is 36.4 Å². The topological polar surface area (TPSA) is 66.3 Å². The van der Waals surface area contributed by atoms with E-state index in [2.05, 4.69) is 42.3 Å². The van der Waals surface area contributed by atoms with Gasteiger partial charge in [-0.25, -0.2) is 0 Å². The van der Waals surface area contributed by atoms with Gasteiger partial charge < -0.3 is 24.8 Å². The Labute approximate surface area is 173 Å². The van der Waals surface area contributed by atoms with Gasteiger partial charge in [-0.3, -0.25) is 4.99 Å². The van der Waals surface area contributed by atoms with Crippen molar-refractivity contribution in [1.29, 1.82) is 0 Å². The lowest BCUT2D eigenvalue weighted by Crippen LogP contribution is -2.48. The zero-order valence-electron chi connectivity index (χ0n) is 17.5. The van der Waals surface area contributed by atoms with Crippen molar-refractivity contribution in [2.75, 3.05) is 39.9 Å². The van der Waals surface area contributed by atoms with Crippen molar-refractivity contribution in [2.45, 2.75) is 26.1 Å². The lowest BCUT2D eigenvalue weighted by molar-refractivity contribution is -0.00839. The molecule has 1 aliphatic heterocycles. The minimum Gasteiger partial charge on any atom is -0.497 e. The van der Waals surface area contributed by atoms with E-state index in [1.165, 1.54) is 11.1 Å². The fraction of sp³-hybridized carbons (Fsp3) is 0.435. The second kappa shape index (κ2) is 10.3. The van der Waals surface area contributed by atoms with Gasteiger partial charge in [0, 0.05) is 13.1 Å². The molecule has 0 aromatic heterocycles. The first kappa shape index (κ1) is 21.1. The number of nitrogens with one attached hydrogen (secondary N) is 1. The number of guanidine groups is 1. The van der Waals surface area contributed by atoms with Crippen molar-refractivity contribution in [2.24, 2.45) is 4.99 Å². The molecule has 0 spiro atoms. The summed E-state index contributed by atoms with van der Waals surface area (Å²) in [5.41, 5.74) is 3.27. The van der Waals surface area contributed by atoms with Gasteiger partial charge in [0.05, 0.1) is 32.9 Å². The first-order valence-corrected chi connectivity index (χ1v) is 10.1. The molecule has 2 N–H and O–H groups in total. The number of hydrogen-bond donors (Lipinski definition) is 2. The molecule has 6 nitrogen and oxygen atoms in total. The number of aliphatic hydroxyl groups is 1. The van der Waals surface area contributed by atoms with E-state index in [4.69, 9.17) is 14.5 Å². The number of rotatable bonds is 6. The molecule has 3 rings (SSSR count). The summed E-state index contributed by atoms with van der Waals surface area (Å²) in [4.78, 5) is 6.91. The normalized spacial score (nSPS) is 18.4.